The zero-order chi connectivity index (χ0) is 24.5. The van der Waals surface area contributed by atoms with Gasteiger partial charge in [0.25, 0.3) is 11.6 Å². The second kappa shape index (κ2) is 8.86. The molecule has 0 unspecified atom stereocenters. The number of non-ortho nitro benzene ring substituents is 1. The van der Waals surface area contributed by atoms with Gasteiger partial charge < -0.3 is 9.88 Å². The van der Waals surface area contributed by atoms with Crippen molar-refractivity contribution in [3.05, 3.63) is 117 Å². The van der Waals surface area contributed by atoms with Gasteiger partial charge in [0.05, 0.1) is 11.5 Å². The quantitative estimate of drug-likeness (QED) is 0.189. The van der Waals surface area contributed by atoms with Crippen LogP contribution in [0.25, 0.3) is 17.0 Å². The first-order valence-electron chi connectivity index (χ1n) is 10.8. The molecule has 3 amide bonds. The fraction of sp³-hybridized carbons (Fsp3) is 0.0769. The highest BCUT2D eigenvalue weighted by Gasteiger charge is 2.33. The second-order valence-corrected chi connectivity index (χ2v) is 8.16. The maximum atomic E-state index is 13.2. The molecule has 0 radical (unpaired) electrons. The number of nitro benzene ring substituents is 1. The molecule has 1 aliphatic rings. The first-order valence-corrected chi connectivity index (χ1v) is 10.8. The summed E-state index contributed by atoms with van der Waals surface area (Å²) >= 11 is 0. The molecule has 1 aromatic heterocycles. The van der Waals surface area contributed by atoms with E-state index in [1.54, 1.807) is 18.2 Å². The minimum absolute atomic E-state index is 0.0252. The molecular weight excluding hydrogens is 451 g/mol. The van der Waals surface area contributed by atoms with Gasteiger partial charge in [-0.25, -0.2) is 9.18 Å². The Balaban J connectivity index is 1.43. The van der Waals surface area contributed by atoms with Gasteiger partial charge in [-0.1, -0.05) is 42.5 Å². The van der Waals surface area contributed by atoms with Gasteiger partial charge in [-0.05, 0) is 35.4 Å². The lowest BCUT2D eigenvalue weighted by Gasteiger charge is -2.11. The average molecular weight is 470 g/mol. The Hall–Kier alpha value is -4.79. The van der Waals surface area contributed by atoms with Gasteiger partial charge in [0.1, 0.15) is 11.5 Å². The van der Waals surface area contributed by atoms with Crippen LogP contribution in [0, 0.1) is 15.9 Å². The Morgan fingerprint density at radius 2 is 1.57 bits per heavy atom. The van der Waals surface area contributed by atoms with Crippen molar-refractivity contribution in [1.29, 1.82) is 0 Å². The third-order valence-electron chi connectivity index (χ3n) is 5.84. The lowest BCUT2D eigenvalue weighted by atomic mass is 10.1. The normalized spacial score (nSPS) is 14.7. The number of fused-ring (bicyclic) bond motifs is 1. The third-order valence-corrected chi connectivity index (χ3v) is 5.84. The van der Waals surface area contributed by atoms with Crippen molar-refractivity contribution in [2.45, 2.75) is 13.1 Å². The van der Waals surface area contributed by atoms with Crippen molar-refractivity contribution in [3.8, 4) is 0 Å². The van der Waals surface area contributed by atoms with E-state index >= 15 is 0 Å². The van der Waals surface area contributed by atoms with Gasteiger partial charge in [-0.3, -0.25) is 19.8 Å². The summed E-state index contributed by atoms with van der Waals surface area (Å²) in [6, 6.07) is 19.1. The first-order chi connectivity index (χ1) is 16.9. The molecule has 1 N–H and O–H groups in total. The predicted molar refractivity (Wildman–Crippen MR) is 128 cm³/mol. The number of imide groups is 1. The number of nitro groups is 1. The average Bonchev–Trinajstić information content (AvgIpc) is 3.32. The maximum absolute atomic E-state index is 13.2. The topological polar surface area (TPSA) is 97.5 Å². The van der Waals surface area contributed by atoms with Crippen LogP contribution in [-0.4, -0.2) is 26.3 Å². The van der Waals surface area contributed by atoms with Gasteiger partial charge in [0.15, 0.2) is 0 Å². The molecule has 0 spiro atoms. The highest BCUT2D eigenvalue weighted by molar-refractivity contribution is 6.14. The van der Waals surface area contributed by atoms with Crippen LogP contribution in [0.1, 0.15) is 16.7 Å². The van der Waals surface area contributed by atoms with E-state index in [-0.39, 0.29) is 17.9 Å². The molecular formula is C26H19FN4O4. The molecule has 8 nitrogen and oxygen atoms in total. The molecule has 4 aromatic rings. The Kier molecular flexibility index (Phi) is 5.58. The summed E-state index contributed by atoms with van der Waals surface area (Å²) in [5.74, 6) is -0.858. The number of amides is 3. The number of hydrogen-bond donors (Lipinski definition) is 1. The van der Waals surface area contributed by atoms with Gasteiger partial charge >= 0.3 is 6.03 Å². The van der Waals surface area contributed by atoms with E-state index in [0.717, 1.165) is 26.9 Å². The summed E-state index contributed by atoms with van der Waals surface area (Å²) in [6.45, 7) is 0.503. The maximum Gasteiger partial charge on any atom is 0.329 e. The summed E-state index contributed by atoms with van der Waals surface area (Å²) in [5.41, 5.74) is 3.35. The summed E-state index contributed by atoms with van der Waals surface area (Å²) in [5, 5.41) is 14.4. The van der Waals surface area contributed by atoms with Gasteiger partial charge in [-0.2, -0.15) is 0 Å². The van der Waals surface area contributed by atoms with Crippen LogP contribution < -0.4 is 5.32 Å². The Morgan fingerprint density at radius 1 is 0.914 bits per heavy atom. The number of nitrogens with one attached hydrogen (secondary N) is 1. The monoisotopic (exact) mass is 470 g/mol. The lowest BCUT2D eigenvalue weighted by molar-refractivity contribution is -0.384. The Morgan fingerprint density at radius 3 is 2.29 bits per heavy atom. The van der Waals surface area contributed by atoms with Crippen LogP contribution in [0.3, 0.4) is 0 Å². The zero-order valence-electron chi connectivity index (χ0n) is 18.3. The van der Waals surface area contributed by atoms with Gasteiger partial charge in [0.2, 0.25) is 0 Å². The van der Waals surface area contributed by atoms with Gasteiger partial charge in [0, 0.05) is 41.3 Å². The van der Waals surface area contributed by atoms with Crippen molar-refractivity contribution < 1.29 is 18.9 Å². The largest absolute Gasteiger partial charge is 0.342 e. The molecule has 0 atom stereocenters. The fourth-order valence-corrected chi connectivity index (χ4v) is 4.08. The standard InChI is InChI=1S/C26H19FN4O4/c27-20-9-5-18(6-10-20)15-30-25(32)23(28-26(30)33)13-19-16-29(24-4-2-1-3-22(19)24)14-17-7-11-21(12-8-17)31(34)35/h1-13,16H,14-15H2,(H,28,33)/b23-13-. The molecule has 2 heterocycles. The number of urea groups is 1. The summed E-state index contributed by atoms with van der Waals surface area (Å²) in [6.07, 6.45) is 3.51. The molecule has 174 valence electrons. The number of para-hydroxylation sites is 1. The molecule has 0 bridgehead atoms. The molecule has 1 saturated heterocycles. The Bertz CT molecular complexity index is 1490. The van der Waals surface area contributed by atoms with Crippen molar-refractivity contribution in [3.63, 3.8) is 0 Å². The summed E-state index contributed by atoms with van der Waals surface area (Å²) in [4.78, 5) is 37.0. The van der Waals surface area contributed by atoms with Crippen LogP contribution in [-0.2, 0) is 17.9 Å². The smallest absolute Gasteiger partial charge is 0.329 e. The lowest BCUT2D eigenvalue weighted by Crippen LogP contribution is -2.30. The van der Waals surface area contributed by atoms with Crippen LogP contribution in [0.5, 0.6) is 0 Å². The van der Waals surface area contributed by atoms with Crippen molar-refractivity contribution in [1.82, 2.24) is 14.8 Å². The number of nitrogens with zero attached hydrogens (tertiary/aromatic N) is 3. The van der Waals surface area contributed by atoms with Gasteiger partial charge in [-0.15, -0.1) is 0 Å². The van der Waals surface area contributed by atoms with Crippen molar-refractivity contribution >= 4 is 34.6 Å². The number of carbonyl (C=O) groups is 2. The van der Waals surface area contributed by atoms with Crippen molar-refractivity contribution in [2.24, 2.45) is 0 Å². The summed E-state index contributed by atoms with van der Waals surface area (Å²) < 4.78 is 15.2. The van der Waals surface area contributed by atoms with Crippen LogP contribution >= 0.6 is 0 Å². The first kappa shape index (κ1) is 22.0. The van der Waals surface area contributed by atoms with Crippen LogP contribution in [0.2, 0.25) is 0 Å². The number of carbonyl (C=O) groups excluding carboxylic acids is 2. The van der Waals surface area contributed by atoms with E-state index < -0.39 is 22.7 Å². The molecule has 3 aromatic carbocycles. The SMILES string of the molecule is O=C1N/C(=C\c2cn(Cc3ccc([N+](=O)[O-])cc3)c3ccccc23)C(=O)N1Cc1ccc(F)cc1. The molecule has 9 heteroatoms. The molecule has 5 rings (SSSR count). The number of rotatable bonds is 6. The minimum Gasteiger partial charge on any atom is -0.342 e. The number of hydrogen-bond acceptors (Lipinski definition) is 4. The second-order valence-electron chi connectivity index (χ2n) is 8.16. The van der Waals surface area contributed by atoms with E-state index in [2.05, 4.69) is 5.32 Å². The predicted octanol–water partition coefficient (Wildman–Crippen LogP) is 4.83. The number of aromatic nitrogens is 1. The van der Waals surface area contributed by atoms with E-state index in [4.69, 9.17) is 0 Å². The molecule has 35 heavy (non-hydrogen) atoms. The van der Waals surface area contributed by atoms with Crippen LogP contribution in [0.15, 0.2) is 84.7 Å². The van der Waals surface area contributed by atoms with E-state index in [9.17, 15) is 24.1 Å². The summed E-state index contributed by atoms with van der Waals surface area (Å²) in [7, 11) is 0. The van der Waals surface area contributed by atoms with Crippen molar-refractivity contribution in [2.75, 3.05) is 0 Å². The molecule has 0 aliphatic carbocycles. The molecule has 0 saturated carbocycles. The highest BCUT2D eigenvalue weighted by atomic mass is 19.1. The molecule has 1 aliphatic heterocycles. The number of halogens is 1. The highest BCUT2D eigenvalue weighted by Crippen LogP contribution is 2.26. The zero-order valence-corrected chi connectivity index (χ0v) is 18.3. The number of benzene rings is 3. The van der Waals surface area contributed by atoms with Crippen LogP contribution in [0.4, 0.5) is 14.9 Å². The minimum atomic E-state index is -0.541. The van der Waals surface area contributed by atoms with E-state index in [1.807, 2.05) is 35.0 Å². The Labute approximate surface area is 199 Å². The van der Waals surface area contributed by atoms with E-state index in [0.29, 0.717) is 12.1 Å². The van der Waals surface area contributed by atoms with E-state index in [1.165, 1.54) is 36.4 Å². The molecule has 1 fully saturated rings. The third kappa shape index (κ3) is 4.39. The fourth-order valence-electron chi connectivity index (χ4n) is 4.08.